The molecule has 1 saturated heterocycles. The Labute approximate surface area is 150 Å². The Morgan fingerprint density at radius 3 is 2.48 bits per heavy atom. The summed E-state index contributed by atoms with van der Waals surface area (Å²) in [4.78, 5) is 38.4. The smallest absolute Gasteiger partial charge is 0.283 e. The molecule has 136 valence electrons. The molecular weight excluding hydrogens is 348 g/mol. The number of nitrogens with zero attached hydrogens (tertiary/aromatic N) is 3. The van der Waals surface area contributed by atoms with Crippen molar-refractivity contribution in [1.29, 1.82) is 0 Å². The van der Waals surface area contributed by atoms with Gasteiger partial charge in [0.1, 0.15) is 5.56 Å². The largest absolute Gasteiger partial charge is 0.353 e. The topological polar surface area (TPSA) is 95.8 Å². The zero-order valence-electron chi connectivity index (χ0n) is 14.2. The van der Waals surface area contributed by atoms with Crippen molar-refractivity contribution in [3.05, 3.63) is 38.9 Å². The highest BCUT2D eigenvalue weighted by Crippen LogP contribution is 2.24. The molecule has 9 heteroatoms. The molecule has 1 fully saturated rings. The second kappa shape index (κ2) is 8.26. The molecule has 2 amide bonds. The third kappa shape index (κ3) is 5.14. The molecule has 1 aliphatic heterocycles. The molecular formula is C16H21ClN4O4. The van der Waals surface area contributed by atoms with Crippen molar-refractivity contribution >= 4 is 29.1 Å². The molecule has 1 N–H and O–H groups in total. The Hall–Kier alpha value is -2.19. The summed E-state index contributed by atoms with van der Waals surface area (Å²) in [5.74, 6) is -0.447. The predicted octanol–water partition coefficient (Wildman–Crippen LogP) is 1.53. The van der Waals surface area contributed by atoms with Crippen LogP contribution in [0.2, 0.25) is 5.02 Å². The molecule has 1 aromatic rings. The highest BCUT2D eigenvalue weighted by molar-refractivity contribution is 6.31. The highest BCUT2D eigenvalue weighted by Gasteiger charge is 2.28. The molecule has 0 aliphatic carbocycles. The first kappa shape index (κ1) is 19.1. The fraction of sp³-hybridized carbons (Fsp3) is 0.500. The number of hydrogen-bond donors (Lipinski definition) is 1. The number of carbonyl (C=O) groups excluding carboxylic acids is 2. The lowest BCUT2D eigenvalue weighted by Gasteiger charge is -2.34. The van der Waals surface area contributed by atoms with E-state index in [9.17, 15) is 19.7 Å². The second-order valence-electron chi connectivity index (χ2n) is 6.21. The number of benzene rings is 1. The number of rotatable bonds is 5. The van der Waals surface area contributed by atoms with Gasteiger partial charge in [-0.25, -0.2) is 0 Å². The van der Waals surface area contributed by atoms with Gasteiger partial charge in [-0.3, -0.25) is 24.6 Å². The quantitative estimate of drug-likeness (QED) is 0.628. The van der Waals surface area contributed by atoms with Gasteiger partial charge in [0.05, 0.1) is 11.5 Å². The van der Waals surface area contributed by atoms with E-state index in [0.717, 1.165) is 0 Å². The molecule has 25 heavy (non-hydrogen) atoms. The molecule has 0 saturated carbocycles. The first-order chi connectivity index (χ1) is 11.8. The van der Waals surface area contributed by atoms with Crippen LogP contribution >= 0.6 is 11.6 Å². The zero-order valence-corrected chi connectivity index (χ0v) is 15.0. The van der Waals surface area contributed by atoms with E-state index >= 15 is 0 Å². The number of nitrogens with one attached hydrogen (secondary N) is 1. The van der Waals surface area contributed by atoms with Gasteiger partial charge < -0.3 is 10.2 Å². The van der Waals surface area contributed by atoms with E-state index in [0.29, 0.717) is 26.2 Å². The molecule has 0 bridgehead atoms. The number of piperazine rings is 1. The van der Waals surface area contributed by atoms with Gasteiger partial charge in [-0.2, -0.15) is 0 Å². The summed E-state index contributed by atoms with van der Waals surface area (Å²) in [6, 6.07) is 4.11. The fourth-order valence-corrected chi connectivity index (χ4v) is 2.85. The van der Waals surface area contributed by atoms with Gasteiger partial charge in [0.2, 0.25) is 5.91 Å². The van der Waals surface area contributed by atoms with Gasteiger partial charge in [-0.15, -0.1) is 0 Å². The maximum Gasteiger partial charge on any atom is 0.283 e. The number of carbonyl (C=O) groups is 2. The van der Waals surface area contributed by atoms with Gasteiger partial charge in [0.25, 0.3) is 11.6 Å². The summed E-state index contributed by atoms with van der Waals surface area (Å²) in [5.41, 5.74) is -0.267. The molecule has 8 nitrogen and oxygen atoms in total. The highest BCUT2D eigenvalue weighted by atomic mass is 35.5. The van der Waals surface area contributed by atoms with E-state index in [1.54, 1.807) is 4.90 Å². The Kier molecular flexibility index (Phi) is 6.33. The van der Waals surface area contributed by atoms with Crippen molar-refractivity contribution in [3.63, 3.8) is 0 Å². The van der Waals surface area contributed by atoms with Gasteiger partial charge in [-0.05, 0) is 26.0 Å². The van der Waals surface area contributed by atoms with Crippen molar-refractivity contribution in [2.45, 2.75) is 19.9 Å². The molecule has 1 aromatic carbocycles. The van der Waals surface area contributed by atoms with Crippen LogP contribution in [0, 0.1) is 10.1 Å². The number of amides is 2. The standard InChI is InChI=1S/C16H21ClN4O4/c1-11(2)18-15(22)10-19-5-7-20(8-6-19)16(23)13-4-3-12(17)9-14(13)21(24)25/h3-4,9,11H,5-8,10H2,1-2H3,(H,18,22). The van der Waals surface area contributed by atoms with Crippen molar-refractivity contribution in [1.82, 2.24) is 15.1 Å². The van der Waals surface area contributed by atoms with Crippen molar-refractivity contribution in [3.8, 4) is 0 Å². The first-order valence-corrected chi connectivity index (χ1v) is 8.40. The van der Waals surface area contributed by atoms with Crippen LogP contribution in [0.5, 0.6) is 0 Å². The van der Waals surface area contributed by atoms with Crippen LogP contribution in [-0.2, 0) is 4.79 Å². The molecule has 0 unspecified atom stereocenters. The lowest BCUT2D eigenvalue weighted by Crippen LogP contribution is -2.51. The molecule has 0 atom stereocenters. The first-order valence-electron chi connectivity index (χ1n) is 8.03. The van der Waals surface area contributed by atoms with E-state index in [-0.39, 0.29) is 34.8 Å². The Morgan fingerprint density at radius 1 is 1.28 bits per heavy atom. The number of halogens is 1. The third-order valence-electron chi connectivity index (χ3n) is 3.86. The number of nitro benzene ring substituents is 1. The van der Waals surface area contributed by atoms with E-state index in [1.165, 1.54) is 18.2 Å². The summed E-state index contributed by atoms with van der Waals surface area (Å²) in [6.45, 7) is 5.97. The Morgan fingerprint density at radius 2 is 1.92 bits per heavy atom. The number of hydrogen-bond acceptors (Lipinski definition) is 5. The van der Waals surface area contributed by atoms with E-state index < -0.39 is 10.8 Å². The van der Waals surface area contributed by atoms with Gasteiger partial charge in [0.15, 0.2) is 0 Å². The van der Waals surface area contributed by atoms with E-state index in [2.05, 4.69) is 5.32 Å². The van der Waals surface area contributed by atoms with Crippen LogP contribution in [0.3, 0.4) is 0 Å². The monoisotopic (exact) mass is 368 g/mol. The van der Waals surface area contributed by atoms with Crippen molar-refractivity contribution in [2.24, 2.45) is 0 Å². The van der Waals surface area contributed by atoms with Gasteiger partial charge >= 0.3 is 0 Å². The normalized spacial score (nSPS) is 15.3. The average molecular weight is 369 g/mol. The van der Waals surface area contributed by atoms with Gasteiger partial charge in [-0.1, -0.05) is 11.6 Å². The van der Waals surface area contributed by atoms with E-state index in [1.807, 2.05) is 18.7 Å². The zero-order chi connectivity index (χ0) is 18.6. The van der Waals surface area contributed by atoms with Crippen molar-refractivity contribution < 1.29 is 14.5 Å². The van der Waals surface area contributed by atoms with Crippen LogP contribution in [0.15, 0.2) is 18.2 Å². The SMILES string of the molecule is CC(C)NC(=O)CN1CCN(C(=O)c2ccc(Cl)cc2[N+](=O)[O-])CC1. The average Bonchev–Trinajstić information content (AvgIpc) is 2.54. The summed E-state index contributed by atoms with van der Waals surface area (Å²) < 4.78 is 0. The third-order valence-corrected chi connectivity index (χ3v) is 4.10. The minimum absolute atomic E-state index is 0.0281. The molecule has 0 spiro atoms. The summed E-state index contributed by atoms with van der Waals surface area (Å²) in [7, 11) is 0. The summed E-state index contributed by atoms with van der Waals surface area (Å²) in [6.07, 6.45) is 0. The molecule has 0 radical (unpaired) electrons. The molecule has 0 aromatic heterocycles. The van der Waals surface area contributed by atoms with Crippen molar-refractivity contribution in [2.75, 3.05) is 32.7 Å². The van der Waals surface area contributed by atoms with Crippen LogP contribution in [0.4, 0.5) is 5.69 Å². The molecule has 1 aliphatic rings. The van der Waals surface area contributed by atoms with Crippen LogP contribution in [-0.4, -0.2) is 65.3 Å². The summed E-state index contributed by atoms with van der Waals surface area (Å²) >= 11 is 5.78. The van der Waals surface area contributed by atoms with Crippen LogP contribution in [0.1, 0.15) is 24.2 Å². The lowest BCUT2D eigenvalue weighted by atomic mass is 10.1. The maximum atomic E-state index is 12.6. The minimum atomic E-state index is -0.606. The Balaban J connectivity index is 1.98. The van der Waals surface area contributed by atoms with Crippen LogP contribution < -0.4 is 5.32 Å². The summed E-state index contributed by atoms with van der Waals surface area (Å²) in [5, 5.41) is 14.2. The maximum absolute atomic E-state index is 12.6. The van der Waals surface area contributed by atoms with Gasteiger partial charge in [0, 0.05) is 43.3 Å². The number of nitro groups is 1. The molecule has 2 rings (SSSR count). The van der Waals surface area contributed by atoms with E-state index in [4.69, 9.17) is 11.6 Å². The minimum Gasteiger partial charge on any atom is -0.353 e. The Bertz CT molecular complexity index is 672. The second-order valence-corrected chi connectivity index (χ2v) is 6.65. The molecule has 1 heterocycles. The van der Waals surface area contributed by atoms with Crippen LogP contribution in [0.25, 0.3) is 0 Å². The predicted molar refractivity (Wildman–Crippen MR) is 93.7 cm³/mol. The lowest BCUT2D eigenvalue weighted by molar-refractivity contribution is -0.385. The fourth-order valence-electron chi connectivity index (χ4n) is 2.69.